The Morgan fingerprint density at radius 1 is 1.11 bits per heavy atom. The van der Waals surface area contributed by atoms with Gasteiger partial charge in [-0.1, -0.05) is 34.5 Å². The second kappa shape index (κ2) is 8.86. The molecule has 0 aliphatic heterocycles. The number of benzene rings is 2. The van der Waals surface area contributed by atoms with Crippen LogP contribution in [0.3, 0.4) is 0 Å². The third-order valence-corrected chi connectivity index (χ3v) is 5.60. The zero-order valence-electron chi connectivity index (χ0n) is 15.5. The van der Waals surface area contributed by atoms with E-state index in [1.54, 1.807) is 32.4 Å². The molecule has 0 spiro atoms. The number of carbonyl (C=O) groups is 1. The van der Waals surface area contributed by atoms with Gasteiger partial charge < -0.3 is 18.8 Å². The summed E-state index contributed by atoms with van der Waals surface area (Å²) >= 11 is 13.3. The molecule has 0 fully saturated rings. The fourth-order valence-corrected chi connectivity index (χ4v) is 4.39. The number of ether oxygens (including phenoxy) is 3. The van der Waals surface area contributed by atoms with Crippen LogP contribution >= 0.6 is 34.5 Å². The van der Waals surface area contributed by atoms with Crippen molar-refractivity contribution in [3.05, 3.63) is 45.2 Å². The topological polar surface area (TPSA) is 62.1 Å². The quantitative estimate of drug-likeness (QED) is 0.563. The minimum absolute atomic E-state index is 0.242. The van der Waals surface area contributed by atoms with E-state index in [2.05, 4.69) is 4.99 Å². The molecule has 0 radical (unpaired) electrons. The number of hydrogen-bond acceptors (Lipinski definition) is 5. The van der Waals surface area contributed by atoms with Crippen molar-refractivity contribution in [3.8, 4) is 17.2 Å². The number of nitrogens with zero attached hydrogens (tertiary/aromatic N) is 2. The highest BCUT2D eigenvalue weighted by atomic mass is 35.5. The first-order valence-corrected chi connectivity index (χ1v) is 9.95. The maximum Gasteiger partial charge on any atom is 0.286 e. The number of aryl methyl sites for hydroxylation is 1. The predicted molar refractivity (Wildman–Crippen MR) is 111 cm³/mol. The van der Waals surface area contributed by atoms with Gasteiger partial charge in [0.2, 0.25) is 0 Å². The Balaban J connectivity index is 1.95. The Morgan fingerprint density at radius 2 is 1.79 bits per heavy atom. The van der Waals surface area contributed by atoms with Crippen molar-refractivity contribution in [1.29, 1.82) is 0 Å². The number of amides is 1. The molecule has 28 heavy (non-hydrogen) atoms. The molecule has 0 N–H and O–H groups in total. The van der Waals surface area contributed by atoms with Crippen molar-refractivity contribution >= 4 is 50.7 Å². The molecule has 1 aromatic heterocycles. The summed E-state index contributed by atoms with van der Waals surface area (Å²) in [6, 6.07) is 8.46. The first-order chi connectivity index (χ1) is 13.5. The van der Waals surface area contributed by atoms with Crippen LogP contribution in [0.25, 0.3) is 10.2 Å². The third-order valence-electron chi connectivity index (χ3n) is 3.97. The lowest BCUT2D eigenvalue weighted by atomic mass is 10.3. The van der Waals surface area contributed by atoms with Crippen LogP contribution in [0.15, 0.2) is 35.3 Å². The van der Waals surface area contributed by atoms with E-state index in [4.69, 9.17) is 37.4 Å². The van der Waals surface area contributed by atoms with Gasteiger partial charge in [-0.15, -0.1) is 0 Å². The van der Waals surface area contributed by atoms with Gasteiger partial charge in [0.1, 0.15) is 27.5 Å². The first kappa shape index (κ1) is 20.5. The van der Waals surface area contributed by atoms with Gasteiger partial charge in [0.15, 0.2) is 11.4 Å². The molecule has 1 heterocycles. The van der Waals surface area contributed by atoms with Gasteiger partial charge >= 0.3 is 0 Å². The molecule has 3 rings (SSSR count). The molecule has 0 unspecified atom stereocenters. The van der Waals surface area contributed by atoms with Gasteiger partial charge in [-0.05, 0) is 37.3 Å². The summed E-state index contributed by atoms with van der Waals surface area (Å²) in [7, 11) is 3.20. The number of carbonyl (C=O) groups excluding carboxylic acids is 1. The fourth-order valence-electron chi connectivity index (χ4n) is 2.70. The maximum atomic E-state index is 12.4. The van der Waals surface area contributed by atoms with Crippen LogP contribution in [0.1, 0.15) is 6.92 Å². The third kappa shape index (κ3) is 4.11. The molecule has 6 nitrogen and oxygen atoms in total. The summed E-state index contributed by atoms with van der Waals surface area (Å²) in [5.41, 5.74) is 0.836. The monoisotopic (exact) mass is 440 g/mol. The molecule has 0 aliphatic rings. The lowest BCUT2D eigenvalue weighted by Gasteiger charge is -2.08. The molecule has 2 aromatic carbocycles. The zero-order valence-corrected chi connectivity index (χ0v) is 17.8. The van der Waals surface area contributed by atoms with E-state index in [0.717, 1.165) is 10.2 Å². The van der Waals surface area contributed by atoms with Crippen LogP contribution in [-0.4, -0.2) is 31.3 Å². The number of fused-ring (bicyclic) bond motifs is 1. The highest BCUT2D eigenvalue weighted by molar-refractivity contribution is 7.16. The fraction of sp³-hybridized carbons (Fsp3) is 0.263. The Kier molecular flexibility index (Phi) is 6.49. The minimum Gasteiger partial charge on any atom is -0.495 e. The molecule has 3 aromatic rings. The summed E-state index contributed by atoms with van der Waals surface area (Å²) in [5.74, 6) is 1.32. The standard InChI is InChI=1S/C19H18Cl2N2O4S/c1-4-23-17-14(25-2)7-8-15(26-3)18(17)28-19(23)22-16(24)10-27-13-6-5-11(20)9-12(13)21/h5-9H,4,10H2,1-3H3. The van der Waals surface area contributed by atoms with Crippen LogP contribution in [0.4, 0.5) is 0 Å². The molecule has 1 amide bonds. The number of halogens is 2. The van der Waals surface area contributed by atoms with E-state index in [1.165, 1.54) is 11.3 Å². The van der Waals surface area contributed by atoms with Gasteiger partial charge in [-0.25, -0.2) is 0 Å². The molecule has 0 bridgehead atoms. The van der Waals surface area contributed by atoms with E-state index in [9.17, 15) is 4.79 Å². The van der Waals surface area contributed by atoms with Gasteiger partial charge in [-0.3, -0.25) is 4.79 Å². The van der Waals surface area contributed by atoms with Crippen molar-refractivity contribution < 1.29 is 19.0 Å². The molecule has 0 atom stereocenters. The van der Waals surface area contributed by atoms with E-state index >= 15 is 0 Å². The normalized spacial score (nSPS) is 11.7. The van der Waals surface area contributed by atoms with Crippen molar-refractivity contribution in [3.63, 3.8) is 0 Å². The lowest BCUT2D eigenvalue weighted by molar-refractivity contribution is -0.120. The highest BCUT2D eigenvalue weighted by Gasteiger charge is 2.16. The average Bonchev–Trinajstić information content (AvgIpc) is 3.04. The van der Waals surface area contributed by atoms with Gasteiger partial charge in [0.25, 0.3) is 5.91 Å². The molecule has 148 valence electrons. The SMILES string of the molecule is CCn1c(=NC(=O)COc2ccc(Cl)cc2Cl)sc2c(OC)ccc(OC)c21. The van der Waals surface area contributed by atoms with Crippen LogP contribution in [0.5, 0.6) is 17.2 Å². The number of aromatic nitrogens is 1. The van der Waals surface area contributed by atoms with Gasteiger partial charge in [0, 0.05) is 11.6 Å². The maximum absolute atomic E-state index is 12.4. The zero-order chi connectivity index (χ0) is 20.3. The molecular weight excluding hydrogens is 423 g/mol. The van der Waals surface area contributed by atoms with Crippen LogP contribution in [0.2, 0.25) is 10.0 Å². The molecular formula is C19H18Cl2N2O4S. The molecule has 0 saturated heterocycles. The summed E-state index contributed by atoms with van der Waals surface area (Å²) < 4.78 is 19.2. The highest BCUT2D eigenvalue weighted by Crippen LogP contribution is 2.35. The number of hydrogen-bond donors (Lipinski definition) is 0. The smallest absolute Gasteiger partial charge is 0.286 e. The van der Waals surface area contributed by atoms with Gasteiger partial charge in [0.05, 0.1) is 19.2 Å². The Hall–Kier alpha value is -2.22. The van der Waals surface area contributed by atoms with Crippen molar-refractivity contribution in [2.75, 3.05) is 20.8 Å². The van der Waals surface area contributed by atoms with E-state index in [0.29, 0.717) is 38.6 Å². The van der Waals surface area contributed by atoms with Crippen LogP contribution in [-0.2, 0) is 11.3 Å². The lowest BCUT2D eigenvalue weighted by Crippen LogP contribution is -2.19. The molecule has 0 saturated carbocycles. The Labute approximate surface area is 175 Å². The Morgan fingerprint density at radius 3 is 2.43 bits per heavy atom. The van der Waals surface area contributed by atoms with E-state index in [1.807, 2.05) is 23.6 Å². The van der Waals surface area contributed by atoms with Crippen molar-refractivity contribution in [1.82, 2.24) is 4.57 Å². The van der Waals surface area contributed by atoms with E-state index in [-0.39, 0.29) is 6.61 Å². The summed E-state index contributed by atoms with van der Waals surface area (Å²) in [6.07, 6.45) is 0. The minimum atomic E-state index is -0.433. The number of thiazole rings is 1. The second-order valence-corrected chi connectivity index (χ2v) is 7.47. The van der Waals surface area contributed by atoms with Crippen LogP contribution < -0.4 is 19.0 Å². The summed E-state index contributed by atoms with van der Waals surface area (Å²) in [4.78, 5) is 17.1. The van der Waals surface area contributed by atoms with E-state index < -0.39 is 5.91 Å². The predicted octanol–water partition coefficient (Wildman–Crippen LogP) is 4.55. The number of rotatable bonds is 6. The Bertz CT molecular complexity index is 1090. The summed E-state index contributed by atoms with van der Waals surface area (Å²) in [6.45, 7) is 2.34. The van der Waals surface area contributed by atoms with Crippen molar-refractivity contribution in [2.24, 2.45) is 4.99 Å². The van der Waals surface area contributed by atoms with Crippen molar-refractivity contribution in [2.45, 2.75) is 13.5 Å². The second-order valence-electron chi connectivity index (χ2n) is 5.65. The van der Waals surface area contributed by atoms with Crippen LogP contribution in [0, 0.1) is 0 Å². The molecule has 0 aliphatic carbocycles. The molecule has 9 heteroatoms. The largest absolute Gasteiger partial charge is 0.495 e. The summed E-state index contributed by atoms with van der Waals surface area (Å²) in [5, 5.41) is 0.825. The number of methoxy groups -OCH3 is 2. The first-order valence-electron chi connectivity index (χ1n) is 8.38. The van der Waals surface area contributed by atoms with Gasteiger partial charge in [-0.2, -0.15) is 4.99 Å². The average molecular weight is 441 g/mol.